The van der Waals surface area contributed by atoms with E-state index in [9.17, 15) is 9.59 Å². The Labute approximate surface area is 166 Å². The highest BCUT2D eigenvalue weighted by atomic mass is 35.8. The number of nitrogens with zero attached hydrogens (tertiary/aromatic N) is 2. The molecule has 0 aromatic rings. The third kappa shape index (κ3) is 18.6. The van der Waals surface area contributed by atoms with Gasteiger partial charge in [0.15, 0.2) is 0 Å². The largest absolute Gasteiger partial charge is 0.394 e. The van der Waals surface area contributed by atoms with Crippen LogP contribution in [0.4, 0.5) is 0 Å². The Hall–Kier alpha value is -0.0162. The zero-order valence-corrected chi connectivity index (χ0v) is 19.3. The third-order valence-electron chi connectivity index (χ3n) is 3.04. The summed E-state index contributed by atoms with van der Waals surface area (Å²) in [6.07, 6.45) is 4.45. The number of hydrogen-bond donors (Lipinski definition) is 0. The lowest BCUT2D eigenvalue weighted by Gasteiger charge is -2.28. The molecule has 0 saturated heterocycles. The molecular formula is C14H27Cl3N2O4Si2. The van der Waals surface area contributed by atoms with Crippen molar-refractivity contribution in [2.75, 3.05) is 26.3 Å². The molecule has 0 fully saturated rings. The van der Waals surface area contributed by atoms with E-state index >= 15 is 0 Å². The van der Waals surface area contributed by atoms with E-state index in [4.69, 9.17) is 42.1 Å². The third-order valence-corrected chi connectivity index (χ3v) is 9.48. The Morgan fingerprint density at radius 1 is 0.840 bits per heavy atom. The van der Waals surface area contributed by atoms with Gasteiger partial charge in [0.2, 0.25) is 12.2 Å². The molecule has 0 aliphatic heterocycles. The number of halogens is 3. The molecule has 0 radical (unpaired) electrons. The molecule has 0 bridgehead atoms. The minimum atomic E-state index is -2.48. The fourth-order valence-electron chi connectivity index (χ4n) is 1.97. The number of isocyanates is 2. The van der Waals surface area contributed by atoms with Gasteiger partial charge in [-0.3, -0.25) is 0 Å². The van der Waals surface area contributed by atoms with Crippen LogP contribution in [0.3, 0.4) is 0 Å². The van der Waals surface area contributed by atoms with Crippen LogP contribution in [0, 0.1) is 0 Å². The standard InChI is InChI=1S/C10H21NO3Si.C4H6Cl3NOSi/c1-4-13-15(6-3,14-5-2)9-7-8-11-10-12;5-10(6,7)3-1-2-8-4-9/h4-9H2,1-3H3;1-3H2. The summed E-state index contributed by atoms with van der Waals surface area (Å²) in [4.78, 5) is 26.3. The highest BCUT2D eigenvalue weighted by Gasteiger charge is 2.34. The maximum absolute atomic E-state index is 9.91. The summed E-state index contributed by atoms with van der Waals surface area (Å²) in [5.41, 5.74) is 0. The fraction of sp³-hybridized carbons (Fsp3) is 0.857. The van der Waals surface area contributed by atoms with Gasteiger partial charge in [-0.25, -0.2) is 19.6 Å². The van der Waals surface area contributed by atoms with Crippen molar-refractivity contribution in [2.45, 2.75) is 51.7 Å². The van der Waals surface area contributed by atoms with Crippen LogP contribution in [-0.2, 0) is 18.4 Å². The van der Waals surface area contributed by atoms with Crippen molar-refractivity contribution in [3.05, 3.63) is 0 Å². The monoisotopic (exact) mass is 448 g/mol. The van der Waals surface area contributed by atoms with Gasteiger partial charge in [0.25, 0.3) is 0 Å². The van der Waals surface area contributed by atoms with Crippen LogP contribution in [-0.4, -0.2) is 53.0 Å². The lowest BCUT2D eigenvalue weighted by Crippen LogP contribution is -2.41. The van der Waals surface area contributed by atoms with Crippen LogP contribution in [0.25, 0.3) is 0 Å². The van der Waals surface area contributed by atoms with Gasteiger partial charge < -0.3 is 8.85 Å². The first-order valence-electron chi connectivity index (χ1n) is 8.22. The van der Waals surface area contributed by atoms with Crippen molar-refractivity contribution >= 4 is 60.0 Å². The smallest absolute Gasteiger partial charge is 0.341 e. The summed E-state index contributed by atoms with van der Waals surface area (Å²) < 4.78 is 11.6. The predicted octanol–water partition coefficient (Wildman–Crippen LogP) is 4.62. The van der Waals surface area contributed by atoms with Gasteiger partial charge in [0.1, 0.15) is 0 Å². The molecule has 0 heterocycles. The van der Waals surface area contributed by atoms with Gasteiger partial charge in [0, 0.05) is 13.2 Å². The van der Waals surface area contributed by atoms with E-state index < -0.39 is 14.6 Å². The van der Waals surface area contributed by atoms with Gasteiger partial charge in [-0.15, -0.1) is 33.2 Å². The Morgan fingerprint density at radius 3 is 1.60 bits per heavy atom. The minimum absolute atomic E-state index is 0.407. The summed E-state index contributed by atoms with van der Waals surface area (Å²) in [5, 5.41) is 0. The Morgan fingerprint density at radius 2 is 1.28 bits per heavy atom. The SMILES string of the molecule is CCO[Si](CC)(CCCN=C=O)OCC.O=C=NCCC[Si](Cl)(Cl)Cl. The van der Waals surface area contributed by atoms with Gasteiger partial charge in [-0.05, 0) is 44.8 Å². The molecule has 0 saturated carbocycles. The molecular weight excluding hydrogens is 423 g/mol. The van der Waals surface area contributed by atoms with Crippen LogP contribution in [0.1, 0.15) is 33.6 Å². The molecule has 0 aromatic heterocycles. The van der Waals surface area contributed by atoms with Crippen molar-refractivity contribution in [2.24, 2.45) is 9.98 Å². The molecule has 0 amide bonds. The molecule has 6 nitrogen and oxygen atoms in total. The average Bonchev–Trinajstić information content (AvgIpc) is 2.56. The Bertz CT molecular complexity index is 421. The topological polar surface area (TPSA) is 77.3 Å². The van der Waals surface area contributed by atoms with Crippen LogP contribution in [0.5, 0.6) is 0 Å². The van der Waals surface area contributed by atoms with E-state index in [1.165, 1.54) is 6.08 Å². The zero-order valence-electron chi connectivity index (χ0n) is 15.0. The molecule has 0 spiro atoms. The van der Waals surface area contributed by atoms with Gasteiger partial charge in [-0.1, -0.05) is 6.92 Å². The second-order valence-electron chi connectivity index (χ2n) is 4.90. The quantitative estimate of drug-likeness (QED) is 0.135. The molecule has 25 heavy (non-hydrogen) atoms. The van der Waals surface area contributed by atoms with Crippen molar-refractivity contribution in [3.63, 3.8) is 0 Å². The minimum Gasteiger partial charge on any atom is -0.394 e. The fourth-order valence-corrected chi connectivity index (χ4v) is 6.61. The maximum Gasteiger partial charge on any atom is 0.341 e. The van der Waals surface area contributed by atoms with E-state index in [-0.39, 0.29) is 0 Å². The molecule has 0 rings (SSSR count). The molecule has 11 heteroatoms. The Balaban J connectivity index is 0. The van der Waals surface area contributed by atoms with E-state index in [0.717, 1.165) is 18.5 Å². The first-order chi connectivity index (χ1) is 11.8. The summed E-state index contributed by atoms with van der Waals surface area (Å²) in [6, 6.07) is -0.0928. The summed E-state index contributed by atoms with van der Waals surface area (Å²) >= 11 is 16.6. The molecule has 0 unspecified atom stereocenters. The normalized spacial score (nSPS) is 11.0. The highest BCUT2D eigenvalue weighted by molar-refractivity contribution is 7.64. The second kappa shape index (κ2) is 17.4. The van der Waals surface area contributed by atoms with Crippen LogP contribution < -0.4 is 0 Å². The molecule has 146 valence electrons. The van der Waals surface area contributed by atoms with Crippen molar-refractivity contribution in [3.8, 4) is 0 Å². The van der Waals surface area contributed by atoms with Crippen LogP contribution >= 0.6 is 33.2 Å². The molecule has 0 N–H and O–H groups in total. The number of carbonyl (C=O) groups excluding carboxylic acids is 2. The first kappa shape index (κ1) is 27.2. The van der Waals surface area contributed by atoms with Gasteiger partial charge in [0.05, 0.1) is 13.1 Å². The molecule has 0 aliphatic carbocycles. The molecule has 0 aliphatic rings. The zero-order chi connectivity index (χ0) is 19.6. The lowest BCUT2D eigenvalue weighted by atomic mass is 10.5. The van der Waals surface area contributed by atoms with E-state index in [1.807, 2.05) is 13.8 Å². The van der Waals surface area contributed by atoms with Gasteiger partial charge >= 0.3 is 14.6 Å². The average molecular weight is 450 g/mol. The predicted molar refractivity (Wildman–Crippen MR) is 108 cm³/mol. The molecule has 0 aromatic carbocycles. The highest BCUT2D eigenvalue weighted by Crippen LogP contribution is 2.26. The summed E-state index contributed by atoms with van der Waals surface area (Å²) in [5.74, 6) is 0. The number of aliphatic imine (C=N–C) groups is 2. The first-order valence-corrected chi connectivity index (χ1v) is 15.7. The summed E-state index contributed by atoms with van der Waals surface area (Å²) in [6.45, 7) is 8.39. The van der Waals surface area contributed by atoms with E-state index in [2.05, 4.69) is 16.9 Å². The summed E-state index contributed by atoms with van der Waals surface area (Å²) in [7, 11) is -2.01. The Kier molecular flexibility index (Phi) is 18.9. The van der Waals surface area contributed by atoms with Crippen molar-refractivity contribution < 1.29 is 18.4 Å². The van der Waals surface area contributed by atoms with Crippen molar-refractivity contribution in [1.82, 2.24) is 0 Å². The van der Waals surface area contributed by atoms with E-state index in [1.54, 1.807) is 6.08 Å². The maximum atomic E-state index is 9.91. The molecule has 0 atom stereocenters. The van der Waals surface area contributed by atoms with E-state index in [0.29, 0.717) is 38.8 Å². The number of rotatable bonds is 13. The van der Waals surface area contributed by atoms with Gasteiger partial charge in [-0.2, -0.15) is 0 Å². The van der Waals surface area contributed by atoms with Crippen LogP contribution in [0.2, 0.25) is 18.1 Å². The number of hydrogen-bond acceptors (Lipinski definition) is 6. The second-order valence-corrected chi connectivity index (χ2v) is 17.8. The lowest BCUT2D eigenvalue weighted by molar-refractivity contribution is 0.183. The van der Waals surface area contributed by atoms with Crippen LogP contribution in [0.15, 0.2) is 9.98 Å². The van der Waals surface area contributed by atoms with Crippen molar-refractivity contribution in [1.29, 1.82) is 0 Å².